The molecule has 24 heavy (non-hydrogen) atoms. The summed E-state index contributed by atoms with van der Waals surface area (Å²) in [5.74, 6) is -0.228. The van der Waals surface area contributed by atoms with Gasteiger partial charge in [0.25, 0.3) is 11.6 Å². The second-order valence-electron chi connectivity index (χ2n) is 5.34. The summed E-state index contributed by atoms with van der Waals surface area (Å²) in [6.07, 6.45) is 0. The van der Waals surface area contributed by atoms with Crippen LogP contribution in [0.25, 0.3) is 11.0 Å². The van der Waals surface area contributed by atoms with Crippen LogP contribution in [0.1, 0.15) is 10.4 Å². The van der Waals surface area contributed by atoms with Crippen molar-refractivity contribution in [3.63, 3.8) is 0 Å². The van der Waals surface area contributed by atoms with E-state index in [1.54, 1.807) is 6.07 Å². The molecular weight excluding hydrogens is 312 g/mol. The molecule has 2 aromatic carbocycles. The Morgan fingerprint density at radius 2 is 2.00 bits per heavy atom. The largest absolute Gasteiger partial charge is 0.377 e. The van der Waals surface area contributed by atoms with Gasteiger partial charge in [0.1, 0.15) is 0 Å². The first kappa shape index (κ1) is 15.5. The van der Waals surface area contributed by atoms with Crippen LogP contribution in [-0.4, -0.2) is 30.1 Å². The van der Waals surface area contributed by atoms with Crippen molar-refractivity contribution in [2.24, 2.45) is 0 Å². The summed E-state index contributed by atoms with van der Waals surface area (Å²) in [4.78, 5) is 24.5. The van der Waals surface area contributed by atoms with Crippen molar-refractivity contribution >= 4 is 34.1 Å². The average Bonchev–Trinajstić information content (AvgIpc) is 2.97. The SMILES string of the molecule is CN(C)c1cccc2onc(NC(=O)c3cccc([N+](=O)[O-])c3)c12. The number of hydrogen-bond donors (Lipinski definition) is 1. The molecule has 122 valence electrons. The number of anilines is 2. The third-order valence-electron chi connectivity index (χ3n) is 3.51. The van der Waals surface area contributed by atoms with E-state index in [-0.39, 0.29) is 17.1 Å². The van der Waals surface area contributed by atoms with E-state index in [4.69, 9.17) is 4.52 Å². The van der Waals surface area contributed by atoms with Crippen molar-refractivity contribution in [3.05, 3.63) is 58.1 Å². The molecule has 8 nitrogen and oxygen atoms in total. The highest BCUT2D eigenvalue weighted by Gasteiger charge is 2.18. The fraction of sp³-hybridized carbons (Fsp3) is 0.125. The van der Waals surface area contributed by atoms with E-state index in [1.165, 1.54) is 24.3 Å². The molecule has 0 saturated carbocycles. The van der Waals surface area contributed by atoms with Crippen LogP contribution in [0.2, 0.25) is 0 Å². The van der Waals surface area contributed by atoms with Gasteiger partial charge in [0, 0.05) is 31.8 Å². The minimum absolute atomic E-state index is 0.151. The van der Waals surface area contributed by atoms with Crippen LogP contribution in [0.4, 0.5) is 17.2 Å². The molecular formula is C16H14N4O4. The molecule has 0 aliphatic heterocycles. The molecule has 0 unspecified atom stereocenters. The number of aromatic nitrogens is 1. The zero-order valence-electron chi connectivity index (χ0n) is 13.0. The van der Waals surface area contributed by atoms with Crippen molar-refractivity contribution in [2.45, 2.75) is 0 Å². The van der Waals surface area contributed by atoms with Crippen molar-refractivity contribution in [1.29, 1.82) is 0 Å². The number of rotatable bonds is 4. The molecule has 1 N–H and O–H groups in total. The Balaban J connectivity index is 1.97. The van der Waals surface area contributed by atoms with Gasteiger partial charge in [0.15, 0.2) is 11.4 Å². The zero-order valence-corrected chi connectivity index (χ0v) is 13.0. The molecule has 0 fully saturated rings. The second kappa shape index (κ2) is 5.99. The van der Waals surface area contributed by atoms with Crippen molar-refractivity contribution in [2.75, 3.05) is 24.3 Å². The summed E-state index contributed by atoms with van der Waals surface area (Å²) in [5, 5.41) is 18.0. The lowest BCUT2D eigenvalue weighted by Crippen LogP contribution is -2.14. The Morgan fingerprint density at radius 1 is 1.25 bits per heavy atom. The predicted molar refractivity (Wildman–Crippen MR) is 89.4 cm³/mol. The molecule has 0 saturated heterocycles. The number of nitro benzene ring substituents is 1. The van der Waals surface area contributed by atoms with Crippen LogP contribution in [0, 0.1) is 10.1 Å². The normalized spacial score (nSPS) is 10.6. The highest BCUT2D eigenvalue weighted by Crippen LogP contribution is 2.32. The van der Waals surface area contributed by atoms with Gasteiger partial charge in [-0.1, -0.05) is 17.3 Å². The molecule has 0 spiro atoms. The van der Waals surface area contributed by atoms with Crippen LogP contribution < -0.4 is 10.2 Å². The number of nitrogens with one attached hydrogen (secondary N) is 1. The smallest absolute Gasteiger partial charge is 0.270 e. The maximum absolute atomic E-state index is 12.4. The Morgan fingerprint density at radius 3 is 2.71 bits per heavy atom. The van der Waals surface area contributed by atoms with Crippen molar-refractivity contribution in [1.82, 2.24) is 5.16 Å². The van der Waals surface area contributed by atoms with Gasteiger partial charge in [-0.05, 0) is 18.2 Å². The molecule has 0 atom stereocenters. The average molecular weight is 326 g/mol. The summed E-state index contributed by atoms with van der Waals surface area (Å²) < 4.78 is 5.24. The quantitative estimate of drug-likeness (QED) is 0.584. The lowest BCUT2D eigenvalue weighted by atomic mass is 10.1. The summed E-state index contributed by atoms with van der Waals surface area (Å²) in [6.45, 7) is 0. The monoisotopic (exact) mass is 326 g/mol. The molecule has 3 aromatic rings. The maximum atomic E-state index is 12.4. The van der Waals surface area contributed by atoms with Crippen LogP contribution in [-0.2, 0) is 0 Å². The predicted octanol–water partition coefficient (Wildman–Crippen LogP) is 3.05. The third kappa shape index (κ3) is 2.76. The van der Waals surface area contributed by atoms with Gasteiger partial charge in [-0.15, -0.1) is 0 Å². The lowest BCUT2D eigenvalue weighted by Gasteiger charge is -2.13. The highest BCUT2D eigenvalue weighted by molar-refractivity contribution is 6.10. The van der Waals surface area contributed by atoms with E-state index in [9.17, 15) is 14.9 Å². The maximum Gasteiger partial charge on any atom is 0.270 e. The first-order valence-electron chi connectivity index (χ1n) is 7.09. The first-order valence-corrected chi connectivity index (χ1v) is 7.09. The van der Waals surface area contributed by atoms with Gasteiger partial charge in [0.05, 0.1) is 16.0 Å². The Kier molecular flexibility index (Phi) is 3.87. The second-order valence-corrected chi connectivity index (χ2v) is 5.34. The van der Waals surface area contributed by atoms with E-state index in [0.717, 1.165) is 5.69 Å². The van der Waals surface area contributed by atoms with Gasteiger partial charge in [-0.2, -0.15) is 0 Å². The summed E-state index contributed by atoms with van der Waals surface area (Å²) in [5.41, 5.74) is 1.39. The van der Waals surface area contributed by atoms with E-state index >= 15 is 0 Å². The lowest BCUT2D eigenvalue weighted by molar-refractivity contribution is -0.384. The Bertz CT molecular complexity index is 933. The fourth-order valence-electron chi connectivity index (χ4n) is 2.37. The van der Waals surface area contributed by atoms with Gasteiger partial charge < -0.3 is 14.7 Å². The minimum atomic E-state index is -0.549. The molecule has 0 bridgehead atoms. The van der Waals surface area contributed by atoms with Crippen LogP contribution in [0.3, 0.4) is 0 Å². The topological polar surface area (TPSA) is 102 Å². The van der Waals surface area contributed by atoms with E-state index in [0.29, 0.717) is 11.0 Å². The third-order valence-corrected chi connectivity index (χ3v) is 3.51. The van der Waals surface area contributed by atoms with Crippen LogP contribution in [0.15, 0.2) is 47.0 Å². The molecule has 1 aromatic heterocycles. The van der Waals surface area contributed by atoms with Gasteiger partial charge >= 0.3 is 0 Å². The molecule has 8 heteroatoms. The minimum Gasteiger partial charge on any atom is -0.377 e. The van der Waals surface area contributed by atoms with Crippen molar-refractivity contribution < 1.29 is 14.2 Å². The summed E-state index contributed by atoms with van der Waals surface area (Å²) in [7, 11) is 3.74. The number of carbonyl (C=O) groups is 1. The Hall–Kier alpha value is -3.42. The summed E-state index contributed by atoms with van der Waals surface area (Å²) >= 11 is 0. The number of non-ortho nitro benzene ring substituents is 1. The van der Waals surface area contributed by atoms with Crippen molar-refractivity contribution in [3.8, 4) is 0 Å². The molecule has 0 aliphatic carbocycles. The number of nitro groups is 1. The molecule has 3 rings (SSSR count). The van der Waals surface area contributed by atoms with E-state index in [2.05, 4.69) is 10.5 Å². The number of benzene rings is 2. The molecule has 1 amide bonds. The highest BCUT2D eigenvalue weighted by atomic mass is 16.6. The number of nitrogens with zero attached hydrogens (tertiary/aromatic N) is 3. The Labute approximate surface area is 136 Å². The number of amides is 1. The van der Waals surface area contributed by atoms with Gasteiger partial charge in [-0.3, -0.25) is 14.9 Å². The molecule has 1 heterocycles. The number of carbonyl (C=O) groups excluding carboxylic acids is 1. The summed E-state index contributed by atoms with van der Waals surface area (Å²) in [6, 6.07) is 10.9. The molecule has 0 radical (unpaired) electrons. The van der Waals surface area contributed by atoms with Gasteiger partial charge in [-0.25, -0.2) is 0 Å². The van der Waals surface area contributed by atoms with Crippen LogP contribution >= 0.6 is 0 Å². The molecule has 0 aliphatic rings. The van der Waals surface area contributed by atoms with E-state index in [1.807, 2.05) is 31.1 Å². The van der Waals surface area contributed by atoms with Gasteiger partial charge in [0.2, 0.25) is 0 Å². The zero-order chi connectivity index (χ0) is 17.3. The van der Waals surface area contributed by atoms with E-state index < -0.39 is 10.8 Å². The number of hydrogen-bond acceptors (Lipinski definition) is 6. The fourth-order valence-corrected chi connectivity index (χ4v) is 2.37. The first-order chi connectivity index (χ1) is 11.5. The standard InChI is InChI=1S/C16H14N4O4/c1-19(2)12-7-4-8-13-14(12)15(18-24-13)17-16(21)10-5-3-6-11(9-10)20(22)23/h3-9H,1-2H3,(H,17,18,21). The number of fused-ring (bicyclic) bond motifs is 1. The van der Waals surface area contributed by atoms with Crippen LogP contribution in [0.5, 0.6) is 0 Å².